The van der Waals surface area contributed by atoms with Crippen molar-refractivity contribution in [3.8, 4) is 11.8 Å². The fourth-order valence-electron chi connectivity index (χ4n) is 1.30. The second-order valence-corrected chi connectivity index (χ2v) is 3.40. The van der Waals surface area contributed by atoms with Gasteiger partial charge < -0.3 is 5.11 Å². The highest BCUT2D eigenvalue weighted by atomic mass is 16.3. The summed E-state index contributed by atoms with van der Waals surface area (Å²) in [5.74, 6) is -0.0418. The Kier molecular flexibility index (Phi) is 4.58. The molecule has 1 aromatic heterocycles. The molecule has 1 heterocycles. The molecule has 4 nitrogen and oxygen atoms in total. The van der Waals surface area contributed by atoms with Crippen LogP contribution in [0.3, 0.4) is 0 Å². The van der Waals surface area contributed by atoms with Crippen LogP contribution in [0, 0.1) is 18.3 Å². The summed E-state index contributed by atoms with van der Waals surface area (Å²) >= 11 is 0. The lowest BCUT2D eigenvalue weighted by atomic mass is 10.1. The van der Waals surface area contributed by atoms with Gasteiger partial charge in [-0.25, -0.2) is 4.99 Å². The van der Waals surface area contributed by atoms with Gasteiger partial charge in [0.15, 0.2) is 5.71 Å². The van der Waals surface area contributed by atoms with Crippen LogP contribution in [0.25, 0.3) is 0 Å². The molecule has 0 bridgehead atoms. The molecule has 4 heteroatoms. The quantitative estimate of drug-likeness (QED) is 0.648. The van der Waals surface area contributed by atoms with Crippen LogP contribution in [0.2, 0.25) is 0 Å². The maximum atomic E-state index is 9.85. The molecule has 0 aliphatic heterocycles. The molecule has 1 rings (SSSR count). The second kappa shape index (κ2) is 6.16. The molecule has 0 unspecified atom stereocenters. The topological polar surface area (TPSA) is 69.3 Å². The number of allylic oxidation sites excluding steroid dienone is 3. The van der Waals surface area contributed by atoms with E-state index in [-0.39, 0.29) is 11.5 Å². The number of nitriles is 1. The number of aromatic hydroxyl groups is 1. The number of aryl methyl sites for hydroxylation is 1. The van der Waals surface area contributed by atoms with Crippen LogP contribution in [0.5, 0.6) is 5.75 Å². The van der Waals surface area contributed by atoms with Crippen LogP contribution in [-0.4, -0.2) is 15.8 Å². The highest BCUT2D eigenvalue weighted by molar-refractivity contribution is 6.13. The van der Waals surface area contributed by atoms with Crippen molar-refractivity contribution in [3.63, 3.8) is 0 Å². The summed E-state index contributed by atoms with van der Waals surface area (Å²) in [5, 5.41) is 19.0. The van der Waals surface area contributed by atoms with Gasteiger partial charge in [0.2, 0.25) is 0 Å². The number of nitrogens with zero attached hydrogens (tertiary/aromatic N) is 3. The summed E-state index contributed by atoms with van der Waals surface area (Å²) in [5.41, 5.74) is 1.39. The first-order chi connectivity index (χ1) is 8.63. The summed E-state index contributed by atoms with van der Waals surface area (Å²) in [6, 6.07) is 3.49. The fraction of sp³-hybridized carbons (Fsp3) is 0.0714. The third kappa shape index (κ3) is 2.92. The third-order valence-electron chi connectivity index (χ3n) is 2.21. The number of aromatic nitrogens is 1. The molecule has 0 atom stereocenters. The lowest BCUT2D eigenvalue weighted by Crippen LogP contribution is -2.00. The van der Waals surface area contributed by atoms with E-state index in [1.54, 1.807) is 25.1 Å². The Morgan fingerprint density at radius 3 is 2.83 bits per heavy atom. The largest absolute Gasteiger partial charge is 0.505 e. The van der Waals surface area contributed by atoms with Crippen molar-refractivity contribution in [2.24, 2.45) is 4.99 Å². The van der Waals surface area contributed by atoms with Crippen molar-refractivity contribution >= 4 is 5.71 Å². The summed E-state index contributed by atoms with van der Waals surface area (Å²) in [6.07, 6.45) is 6.19. The molecule has 0 spiro atoms. The van der Waals surface area contributed by atoms with Gasteiger partial charge in [-0.1, -0.05) is 19.2 Å². The van der Waals surface area contributed by atoms with Gasteiger partial charge in [0.05, 0.1) is 17.0 Å². The number of aliphatic imine (C=N–C) groups is 1. The lowest BCUT2D eigenvalue weighted by molar-refractivity contribution is 0.466. The standard InChI is InChI=1S/C14H13N3O/c1-4-6-11(5-2)17-13(9-15)12-7-8-16-10(3)14(12)18/h4-8,18H,1-2H2,3H3/b11-6+,17-13?. The number of hydrogen-bond donors (Lipinski definition) is 1. The van der Waals surface area contributed by atoms with Crippen LogP contribution in [0.1, 0.15) is 11.3 Å². The Bertz CT molecular complexity index is 577. The van der Waals surface area contributed by atoms with Crippen molar-refractivity contribution in [3.05, 3.63) is 60.6 Å². The van der Waals surface area contributed by atoms with Crippen LogP contribution in [0.15, 0.2) is 54.3 Å². The number of pyridine rings is 1. The maximum absolute atomic E-state index is 9.85. The van der Waals surface area contributed by atoms with Gasteiger partial charge in [0, 0.05) is 6.20 Å². The Morgan fingerprint density at radius 1 is 1.56 bits per heavy atom. The minimum atomic E-state index is -0.0418. The Hall–Kier alpha value is -2.67. The Balaban J connectivity index is 3.35. The predicted octanol–water partition coefficient (Wildman–Crippen LogP) is 2.66. The van der Waals surface area contributed by atoms with Crippen LogP contribution in [0.4, 0.5) is 0 Å². The predicted molar refractivity (Wildman–Crippen MR) is 71.3 cm³/mol. The van der Waals surface area contributed by atoms with Crippen molar-refractivity contribution in [2.75, 3.05) is 0 Å². The van der Waals surface area contributed by atoms with Gasteiger partial charge in [-0.2, -0.15) is 5.26 Å². The third-order valence-corrected chi connectivity index (χ3v) is 2.21. The highest BCUT2D eigenvalue weighted by Gasteiger charge is 2.11. The molecule has 18 heavy (non-hydrogen) atoms. The van der Waals surface area contributed by atoms with Gasteiger partial charge in [0.25, 0.3) is 0 Å². The molecule has 0 saturated heterocycles. The zero-order chi connectivity index (χ0) is 13.5. The van der Waals surface area contributed by atoms with Crippen molar-refractivity contribution < 1.29 is 5.11 Å². The number of rotatable bonds is 4. The minimum absolute atomic E-state index is 0.0418. The fourth-order valence-corrected chi connectivity index (χ4v) is 1.30. The zero-order valence-corrected chi connectivity index (χ0v) is 10.1. The van der Waals surface area contributed by atoms with E-state index in [2.05, 4.69) is 23.1 Å². The summed E-state index contributed by atoms with van der Waals surface area (Å²) < 4.78 is 0. The Labute approximate surface area is 106 Å². The van der Waals surface area contributed by atoms with Crippen molar-refractivity contribution in [1.29, 1.82) is 5.26 Å². The van der Waals surface area contributed by atoms with Gasteiger partial charge in [-0.05, 0) is 25.1 Å². The van der Waals surface area contributed by atoms with E-state index in [0.717, 1.165) is 0 Å². The SMILES string of the molecule is C=C/C=C(\C=C)N=C(C#N)c1ccnc(C)c1O. The van der Waals surface area contributed by atoms with Gasteiger partial charge >= 0.3 is 0 Å². The molecule has 0 amide bonds. The van der Waals surface area contributed by atoms with Gasteiger partial charge in [0.1, 0.15) is 11.8 Å². The van der Waals surface area contributed by atoms with E-state index in [1.807, 2.05) is 6.07 Å². The van der Waals surface area contributed by atoms with E-state index in [4.69, 9.17) is 5.26 Å². The monoisotopic (exact) mass is 239 g/mol. The lowest BCUT2D eigenvalue weighted by Gasteiger charge is -2.04. The first-order valence-corrected chi connectivity index (χ1v) is 5.23. The first-order valence-electron chi connectivity index (χ1n) is 5.23. The van der Waals surface area contributed by atoms with Gasteiger partial charge in [-0.15, -0.1) is 0 Å². The van der Waals surface area contributed by atoms with Crippen LogP contribution in [-0.2, 0) is 0 Å². The van der Waals surface area contributed by atoms with Gasteiger partial charge in [-0.3, -0.25) is 4.98 Å². The summed E-state index contributed by atoms with van der Waals surface area (Å²) in [4.78, 5) is 8.04. The number of hydrogen-bond acceptors (Lipinski definition) is 4. The smallest absolute Gasteiger partial charge is 0.152 e. The van der Waals surface area contributed by atoms with Crippen LogP contribution >= 0.6 is 0 Å². The highest BCUT2D eigenvalue weighted by Crippen LogP contribution is 2.20. The average Bonchev–Trinajstić information content (AvgIpc) is 2.38. The van der Waals surface area contributed by atoms with Crippen LogP contribution < -0.4 is 0 Å². The molecule has 1 N–H and O–H groups in total. The molecule has 0 aromatic carbocycles. The second-order valence-electron chi connectivity index (χ2n) is 3.40. The molecule has 0 radical (unpaired) electrons. The summed E-state index contributed by atoms with van der Waals surface area (Å²) in [7, 11) is 0. The molecule has 0 aliphatic carbocycles. The van der Waals surface area contributed by atoms with E-state index >= 15 is 0 Å². The molecule has 0 aliphatic rings. The normalized spacial score (nSPS) is 11.8. The van der Waals surface area contributed by atoms with Crippen molar-refractivity contribution in [1.82, 2.24) is 4.98 Å². The molecular weight excluding hydrogens is 226 g/mol. The van der Waals surface area contributed by atoms with E-state index < -0.39 is 0 Å². The molecule has 0 saturated carbocycles. The molecule has 1 aromatic rings. The van der Waals surface area contributed by atoms with E-state index in [9.17, 15) is 5.11 Å². The minimum Gasteiger partial charge on any atom is -0.505 e. The average molecular weight is 239 g/mol. The maximum Gasteiger partial charge on any atom is 0.152 e. The molecule has 90 valence electrons. The summed E-state index contributed by atoms with van der Waals surface area (Å²) in [6.45, 7) is 8.80. The zero-order valence-electron chi connectivity index (χ0n) is 10.1. The van der Waals surface area contributed by atoms with E-state index in [1.165, 1.54) is 12.3 Å². The van der Waals surface area contributed by atoms with Crippen molar-refractivity contribution in [2.45, 2.75) is 6.92 Å². The molecular formula is C14H13N3O. The Morgan fingerprint density at radius 2 is 2.28 bits per heavy atom. The molecule has 0 fully saturated rings. The van der Waals surface area contributed by atoms with E-state index in [0.29, 0.717) is 17.0 Å². The first kappa shape index (κ1) is 13.4.